The van der Waals surface area contributed by atoms with Crippen molar-refractivity contribution in [3.05, 3.63) is 24.2 Å². The van der Waals surface area contributed by atoms with Gasteiger partial charge in [-0.3, -0.25) is 9.59 Å². The highest BCUT2D eigenvalue weighted by molar-refractivity contribution is 5.91. The molecule has 0 unspecified atom stereocenters. The van der Waals surface area contributed by atoms with Gasteiger partial charge in [0.05, 0.1) is 6.26 Å². The number of carbonyl (C=O) groups excluding carboxylic acids is 2. The van der Waals surface area contributed by atoms with Crippen molar-refractivity contribution in [2.24, 2.45) is 0 Å². The third-order valence-electron chi connectivity index (χ3n) is 3.49. The number of alkyl halides is 2. The molecule has 8 heteroatoms. The van der Waals surface area contributed by atoms with Crippen molar-refractivity contribution in [3.63, 3.8) is 0 Å². The first-order valence-corrected chi connectivity index (χ1v) is 6.57. The predicted molar refractivity (Wildman–Crippen MR) is 67.8 cm³/mol. The lowest BCUT2D eigenvalue weighted by Crippen LogP contribution is -2.61. The highest BCUT2D eigenvalue weighted by Gasteiger charge is 2.60. The number of rotatable bonds is 6. The molecule has 1 aliphatic rings. The molecule has 1 saturated carbocycles. The SMILES string of the molecule is O=C(NCCNC(=O)C(F)(F)C1(O)CCC1)c1ccco1. The van der Waals surface area contributed by atoms with Crippen molar-refractivity contribution in [2.75, 3.05) is 13.1 Å². The summed E-state index contributed by atoms with van der Waals surface area (Å²) >= 11 is 0. The number of halogens is 2. The molecule has 1 aromatic rings. The summed E-state index contributed by atoms with van der Waals surface area (Å²) < 4.78 is 32.2. The second-order valence-corrected chi connectivity index (χ2v) is 4.95. The van der Waals surface area contributed by atoms with Crippen LogP contribution in [0.25, 0.3) is 0 Å². The van der Waals surface area contributed by atoms with E-state index >= 15 is 0 Å². The highest BCUT2D eigenvalue weighted by atomic mass is 19.3. The van der Waals surface area contributed by atoms with Crippen molar-refractivity contribution in [3.8, 4) is 0 Å². The van der Waals surface area contributed by atoms with E-state index in [0.29, 0.717) is 6.42 Å². The summed E-state index contributed by atoms with van der Waals surface area (Å²) in [5.41, 5.74) is -2.24. The molecule has 0 aromatic carbocycles. The van der Waals surface area contributed by atoms with Gasteiger partial charge in [0.2, 0.25) is 0 Å². The molecule has 0 saturated heterocycles. The molecule has 6 nitrogen and oxygen atoms in total. The maximum Gasteiger partial charge on any atom is 0.352 e. The zero-order valence-corrected chi connectivity index (χ0v) is 11.2. The molecule has 116 valence electrons. The Morgan fingerprint density at radius 3 is 2.52 bits per heavy atom. The Kier molecular flexibility index (Phi) is 4.26. The summed E-state index contributed by atoms with van der Waals surface area (Å²) in [6.07, 6.45) is 1.61. The molecule has 1 fully saturated rings. The fourth-order valence-corrected chi connectivity index (χ4v) is 1.99. The highest BCUT2D eigenvalue weighted by Crippen LogP contribution is 2.44. The summed E-state index contributed by atoms with van der Waals surface area (Å²) in [7, 11) is 0. The Morgan fingerprint density at radius 2 is 2.00 bits per heavy atom. The first-order valence-electron chi connectivity index (χ1n) is 6.57. The maximum absolute atomic E-state index is 13.7. The minimum Gasteiger partial charge on any atom is -0.459 e. The Balaban J connectivity index is 1.73. The number of hydrogen-bond donors (Lipinski definition) is 3. The van der Waals surface area contributed by atoms with Crippen molar-refractivity contribution >= 4 is 11.8 Å². The van der Waals surface area contributed by atoms with E-state index < -0.39 is 23.3 Å². The Hall–Kier alpha value is -1.96. The van der Waals surface area contributed by atoms with E-state index in [0.717, 1.165) is 0 Å². The molecule has 0 aliphatic heterocycles. The molecule has 2 rings (SSSR count). The van der Waals surface area contributed by atoms with Gasteiger partial charge in [0.15, 0.2) is 5.76 Å². The van der Waals surface area contributed by atoms with Crippen molar-refractivity contribution in [1.29, 1.82) is 0 Å². The zero-order valence-electron chi connectivity index (χ0n) is 11.2. The molecule has 21 heavy (non-hydrogen) atoms. The standard InChI is InChI=1S/C13H16F2N2O4/c14-13(15,12(20)4-2-5-12)11(19)17-7-6-16-10(18)9-3-1-8-21-9/h1,3,8,20H,2,4-7H2,(H,16,18)(H,17,19). The van der Waals surface area contributed by atoms with Gasteiger partial charge in [-0.2, -0.15) is 8.78 Å². The third-order valence-corrected chi connectivity index (χ3v) is 3.49. The number of amides is 2. The fraction of sp³-hybridized carbons (Fsp3) is 0.538. The largest absolute Gasteiger partial charge is 0.459 e. The third kappa shape index (κ3) is 3.05. The van der Waals surface area contributed by atoms with Crippen LogP contribution in [-0.4, -0.2) is 41.5 Å². The Bertz CT molecular complexity index is 512. The van der Waals surface area contributed by atoms with Crippen LogP contribution in [0.5, 0.6) is 0 Å². The van der Waals surface area contributed by atoms with Crippen LogP contribution in [0, 0.1) is 0 Å². The lowest BCUT2D eigenvalue weighted by Gasteiger charge is -2.41. The average Bonchev–Trinajstić information content (AvgIpc) is 2.94. The van der Waals surface area contributed by atoms with Crippen molar-refractivity contribution in [1.82, 2.24) is 10.6 Å². The van der Waals surface area contributed by atoms with Crippen LogP contribution in [0.15, 0.2) is 22.8 Å². The maximum atomic E-state index is 13.7. The minimum atomic E-state index is -3.82. The van der Waals surface area contributed by atoms with Crippen LogP contribution in [0.2, 0.25) is 0 Å². The van der Waals surface area contributed by atoms with E-state index in [9.17, 15) is 23.5 Å². The van der Waals surface area contributed by atoms with E-state index in [-0.39, 0.29) is 31.7 Å². The first kappa shape index (κ1) is 15.4. The molecular weight excluding hydrogens is 286 g/mol. The minimum absolute atomic E-state index is 0.0280. The summed E-state index contributed by atoms with van der Waals surface area (Å²) in [5.74, 6) is -5.76. The molecule has 1 aliphatic carbocycles. The lowest BCUT2D eigenvalue weighted by molar-refractivity contribution is -0.215. The van der Waals surface area contributed by atoms with Crippen LogP contribution >= 0.6 is 0 Å². The van der Waals surface area contributed by atoms with Gasteiger partial charge in [-0.05, 0) is 31.4 Å². The van der Waals surface area contributed by atoms with E-state index in [1.54, 1.807) is 0 Å². The normalized spacial score (nSPS) is 16.9. The second-order valence-electron chi connectivity index (χ2n) is 4.95. The number of aliphatic hydroxyl groups is 1. The van der Waals surface area contributed by atoms with Crippen LogP contribution in [0.1, 0.15) is 29.8 Å². The van der Waals surface area contributed by atoms with E-state index in [1.807, 2.05) is 5.32 Å². The molecule has 1 aromatic heterocycles. The number of furan rings is 1. The van der Waals surface area contributed by atoms with E-state index in [4.69, 9.17) is 4.42 Å². The van der Waals surface area contributed by atoms with Gasteiger partial charge in [0, 0.05) is 13.1 Å². The zero-order chi connectivity index (χ0) is 15.5. The lowest BCUT2D eigenvalue weighted by atomic mass is 9.75. The fourth-order valence-electron chi connectivity index (χ4n) is 1.99. The Labute approximate surface area is 119 Å². The molecule has 0 atom stereocenters. The average molecular weight is 302 g/mol. The molecule has 1 heterocycles. The second kappa shape index (κ2) is 5.80. The van der Waals surface area contributed by atoms with Gasteiger partial charge in [0.25, 0.3) is 11.8 Å². The summed E-state index contributed by atoms with van der Waals surface area (Å²) in [6, 6.07) is 2.99. The molecule has 0 spiro atoms. The quantitative estimate of drug-likeness (QED) is 0.674. The molecule has 3 N–H and O–H groups in total. The van der Waals surface area contributed by atoms with Gasteiger partial charge >= 0.3 is 5.92 Å². The van der Waals surface area contributed by atoms with Crippen molar-refractivity contribution in [2.45, 2.75) is 30.8 Å². The van der Waals surface area contributed by atoms with Crippen LogP contribution in [0.4, 0.5) is 8.78 Å². The smallest absolute Gasteiger partial charge is 0.352 e. The van der Waals surface area contributed by atoms with Gasteiger partial charge in [-0.25, -0.2) is 0 Å². The summed E-state index contributed by atoms with van der Waals surface area (Å²) in [5, 5.41) is 14.0. The van der Waals surface area contributed by atoms with Crippen molar-refractivity contribution < 1.29 is 27.9 Å². The number of carbonyl (C=O) groups is 2. The molecule has 0 bridgehead atoms. The van der Waals surface area contributed by atoms with Crippen LogP contribution in [0.3, 0.4) is 0 Å². The van der Waals surface area contributed by atoms with Gasteiger partial charge in [-0.1, -0.05) is 0 Å². The van der Waals surface area contributed by atoms with E-state index in [1.165, 1.54) is 18.4 Å². The molecular formula is C13H16F2N2O4. The molecule has 2 amide bonds. The van der Waals surface area contributed by atoms with Gasteiger partial charge < -0.3 is 20.2 Å². The van der Waals surface area contributed by atoms with Gasteiger partial charge in [-0.15, -0.1) is 0 Å². The monoisotopic (exact) mass is 302 g/mol. The van der Waals surface area contributed by atoms with E-state index in [2.05, 4.69) is 5.32 Å². The van der Waals surface area contributed by atoms with Crippen LogP contribution < -0.4 is 10.6 Å². The summed E-state index contributed by atoms with van der Waals surface area (Å²) in [6.45, 7) is -0.198. The van der Waals surface area contributed by atoms with Gasteiger partial charge in [0.1, 0.15) is 5.60 Å². The predicted octanol–water partition coefficient (Wildman–Crippen LogP) is 0.676. The number of nitrogens with one attached hydrogen (secondary N) is 2. The first-order chi connectivity index (χ1) is 9.87. The topological polar surface area (TPSA) is 91.6 Å². The number of hydrogen-bond acceptors (Lipinski definition) is 4. The van der Waals surface area contributed by atoms with Crippen LogP contribution in [-0.2, 0) is 4.79 Å². The summed E-state index contributed by atoms with van der Waals surface area (Å²) in [4.78, 5) is 22.9. The Morgan fingerprint density at radius 1 is 1.33 bits per heavy atom. The molecule has 0 radical (unpaired) electrons.